The largest absolute Gasteiger partial charge is 0.490 e. The number of carbonyl (C=O) groups excluding carboxylic acids is 1. The molecule has 0 heterocycles. The van der Waals surface area contributed by atoms with Gasteiger partial charge < -0.3 is 14.8 Å². The van der Waals surface area contributed by atoms with Gasteiger partial charge in [-0.15, -0.1) is 0 Å². The summed E-state index contributed by atoms with van der Waals surface area (Å²) < 4.78 is 12.0. The number of carbonyl (C=O) groups is 1. The Morgan fingerprint density at radius 3 is 2.58 bits per heavy atom. The van der Waals surface area contributed by atoms with Crippen molar-refractivity contribution in [2.24, 2.45) is 5.10 Å². The molecule has 0 saturated heterocycles. The molecule has 138 valence electrons. The fourth-order valence-electron chi connectivity index (χ4n) is 2.17. The van der Waals surface area contributed by atoms with E-state index in [-0.39, 0.29) is 12.5 Å². The SMILES string of the molecule is CCOc1cc(/C=N\NC(=O)CNc2ccccc2)cc(Br)c1OCC. The summed E-state index contributed by atoms with van der Waals surface area (Å²) in [5.74, 6) is 1.05. The van der Waals surface area contributed by atoms with E-state index < -0.39 is 0 Å². The van der Waals surface area contributed by atoms with E-state index in [1.165, 1.54) is 0 Å². The van der Waals surface area contributed by atoms with Crippen molar-refractivity contribution in [3.63, 3.8) is 0 Å². The molecule has 26 heavy (non-hydrogen) atoms. The van der Waals surface area contributed by atoms with Gasteiger partial charge in [-0.1, -0.05) is 18.2 Å². The minimum atomic E-state index is -0.236. The Morgan fingerprint density at radius 2 is 1.88 bits per heavy atom. The average molecular weight is 420 g/mol. The van der Waals surface area contributed by atoms with Gasteiger partial charge in [0.1, 0.15) is 0 Å². The minimum Gasteiger partial charge on any atom is -0.490 e. The van der Waals surface area contributed by atoms with Crippen LogP contribution >= 0.6 is 15.9 Å². The molecular weight excluding hydrogens is 398 g/mol. The van der Waals surface area contributed by atoms with Gasteiger partial charge in [0.25, 0.3) is 5.91 Å². The van der Waals surface area contributed by atoms with Crippen LogP contribution in [0.3, 0.4) is 0 Å². The lowest BCUT2D eigenvalue weighted by Gasteiger charge is -2.13. The molecule has 0 aromatic heterocycles. The topological polar surface area (TPSA) is 72.0 Å². The van der Waals surface area contributed by atoms with Crippen LogP contribution < -0.4 is 20.2 Å². The van der Waals surface area contributed by atoms with Crippen molar-refractivity contribution >= 4 is 33.7 Å². The summed E-state index contributed by atoms with van der Waals surface area (Å²) in [4.78, 5) is 11.8. The van der Waals surface area contributed by atoms with E-state index in [1.54, 1.807) is 6.21 Å². The minimum absolute atomic E-state index is 0.137. The number of rotatable bonds is 9. The normalized spacial score (nSPS) is 10.6. The van der Waals surface area contributed by atoms with E-state index in [9.17, 15) is 4.79 Å². The quantitative estimate of drug-likeness (QED) is 0.478. The second-order valence-electron chi connectivity index (χ2n) is 5.21. The van der Waals surface area contributed by atoms with Gasteiger partial charge >= 0.3 is 0 Å². The molecule has 0 aliphatic heterocycles. The summed E-state index contributed by atoms with van der Waals surface area (Å²) in [7, 11) is 0. The highest BCUT2D eigenvalue weighted by molar-refractivity contribution is 9.10. The Labute approximate surface area is 161 Å². The van der Waals surface area contributed by atoms with Crippen molar-refractivity contribution in [2.75, 3.05) is 25.1 Å². The summed E-state index contributed by atoms with van der Waals surface area (Å²) in [6.45, 7) is 5.02. The van der Waals surface area contributed by atoms with Gasteiger partial charge in [0.05, 0.1) is 30.4 Å². The van der Waals surface area contributed by atoms with E-state index in [2.05, 4.69) is 31.8 Å². The molecule has 2 N–H and O–H groups in total. The Bertz CT molecular complexity index is 751. The molecule has 0 fully saturated rings. The maximum absolute atomic E-state index is 11.8. The summed E-state index contributed by atoms with van der Waals surface area (Å²) >= 11 is 3.48. The van der Waals surface area contributed by atoms with Crippen molar-refractivity contribution < 1.29 is 14.3 Å². The number of anilines is 1. The molecule has 2 aromatic rings. The zero-order valence-corrected chi connectivity index (χ0v) is 16.4. The summed E-state index contributed by atoms with van der Waals surface area (Å²) in [5, 5.41) is 7.01. The van der Waals surface area contributed by atoms with E-state index in [0.29, 0.717) is 24.7 Å². The summed E-state index contributed by atoms with van der Waals surface area (Å²) in [6, 6.07) is 13.2. The fourth-order valence-corrected chi connectivity index (χ4v) is 2.74. The molecule has 0 aliphatic carbocycles. The highest BCUT2D eigenvalue weighted by Gasteiger charge is 2.11. The van der Waals surface area contributed by atoms with Crippen LogP contribution in [0.4, 0.5) is 5.69 Å². The van der Waals surface area contributed by atoms with Gasteiger partial charge in [0, 0.05) is 5.69 Å². The standard InChI is InChI=1S/C19H22BrN3O3/c1-3-25-17-11-14(10-16(20)19(17)26-4-2)12-22-23-18(24)13-21-15-8-6-5-7-9-15/h5-12,21H,3-4,13H2,1-2H3,(H,23,24)/b22-12-. The van der Waals surface area contributed by atoms with Gasteiger partial charge in [-0.3, -0.25) is 4.79 Å². The summed E-state index contributed by atoms with van der Waals surface area (Å²) in [6.07, 6.45) is 1.56. The Hall–Kier alpha value is -2.54. The number of benzene rings is 2. The number of nitrogens with zero attached hydrogens (tertiary/aromatic N) is 1. The number of amides is 1. The van der Waals surface area contributed by atoms with Crippen LogP contribution in [0.1, 0.15) is 19.4 Å². The highest BCUT2D eigenvalue weighted by atomic mass is 79.9. The average Bonchev–Trinajstić information content (AvgIpc) is 2.64. The smallest absolute Gasteiger partial charge is 0.259 e. The first kappa shape index (κ1) is 19.8. The molecule has 0 bridgehead atoms. The van der Waals surface area contributed by atoms with Crippen molar-refractivity contribution in [1.82, 2.24) is 5.43 Å². The number of ether oxygens (including phenoxy) is 2. The monoisotopic (exact) mass is 419 g/mol. The van der Waals surface area contributed by atoms with Gasteiger partial charge in [-0.2, -0.15) is 5.10 Å². The third kappa shape index (κ3) is 6.07. The predicted octanol–water partition coefficient (Wildman–Crippen LogP) is 3.81. The third-order valence-electron chi connectivity index (χ3n) is 3.25. The number of para-hydroxylation sites is 1. The van der Waals surface area contributed by atoms with Crippen molar-refractivity contribution in [3.8, 4) is 11.5 Å². The molecular formula is C19H22BrN3O3. The molecule has 0 atom stereocenters. The number of hydrogen-bond acceptors (Lipinski definition) is 5. The van der Waals surface area contributed by atoms with Crippen molar-refractivity contribution in [3.05, 3.63) is 52.5 Å². The number of halogens is 1. The zero-order valence-electron chi connectivity index (χ0n) is 14.8. The molecule has 0 unspecified atom stereocenters. The Kier molecular flexibility index (Phi) is 7.95. The van der Waals surface area contributed by atoms with E-state index >= 15 is 0 Å². The molecule has 0 spiro atoms. The molecule has 0 saturated carbocycles. The van der Waals surface area contributed by atoms with E-state index in [1.807, 2.05) is 56.3 Å². The molecule has 0 radical (unpaired) electrons. The van der Waals surface area contributed by atoms with Gasteiger partial charge in [0.2, 0.25) is 0 Å². The van der Waals surface area contributed by atoms with Crippen LogP contribution in [0, 0.1) is 0 Å². The van der Waals surface area contributed by atoms with Gasteiger partial charge in [-0.05, 0) is 59.6 Å². The Morgan fingerprint density at radius 1 is 1.15 bits per heavy atom. The lowest BCUT2D eigenvalue weighted by atomic mass is 10.2. The van der Waals surface area contributed by atoms with Crippen LogP contribution in [0.5, 0.6) is 11.5 Å². The number of nitrogens with one attached hydrogen (secondary N) is 2. The molecule has 6 nitrogen and oxygen atoms in total. The molecule has 1 amide bonds. The maximum Gasteiger partial charge on any atom is 0.259 e. The van der Waals surface area contributed by atoms with Crippen LogP contribution in [-0.2, 0) is 4.79 Å². The molecule has 7 heteroatoms. The van der Waals surface area contributed by atoms with Gasteiger partial charge in [-0.25, -0.2) is 5.43 Å². The molecule has 2 aromatic carbocycles. The van der Waals surface area contributed by atoms with Crippen molar-refractivity contribution in [1.29, 1.82) is 0 Å². The van der Waals surface area contributed by atoms with Crippen molar-refractivity contribution in [2.45, 2.75) is 13.8 Å². The zero-order chi connectivity index (χ0) is 18.8. The van der Waals surface area contributed by atoms with E-state index in [4.69, 9.17) is 9.47 Å². The number of hydrogen-bond donors (Lipinski definition) is 2. The van der Waals surface area contributed by atoms with Crippen LogP contribution in [-0.4, -0.2) is 31.9 Å². The van der Waals surface area contributed by atoms with E-state index in [0.717, 1.165) is 15.7 Å². The lowest BCUT2D eigenvalue weighted by Crippen LogP contribution is -2.25. The molecule has 0 aliphatic rings. The second kappa shape index (κ2) is 10.5. The fraction of sp³-hybridized carbons (Fsp3) is 0.263. The number of hydrazone groups is 1. The third-order valence-corrected chi connectivity index (χ3v) is 3.84. The van der Waals surface area contributed by atoms with Crippen LogP contribution in [0.2, 0.25) is 0 Å². The first-order chi connectivity index (χ1) is 12.6. The predicted molar refractivity (Wildman–Crippen MR) is 107 cm³/mol. The first-order valence-electron chi connectivity index (χ1n) is 8.34. The molecule has 2 rings (SSSR count). The van der Waals surface area contributed by atoms with Crippen LogP contribution in [0.15, 0.2) is 52.0 Å². The first-order valence-corrected chi connectivity index (χ1v) is 9.13. The maximum atomic E-state index is 11.8. The summed E-state index contributed by atoms with van der Waals surface area (Å²) in [5.41, 5.74) is 4.15. The lowest BCUT2D eigenvalue weighted by molar-refractivity contribution is -0.119. The Balaban J connectivity index is 1.95. The van der Waals surface area contributed by atoms with Crippen LogP contribution in [0.25, 0.3) is 0 Å². The van der Waals surface area contributed by atoms with Gasteiger partial charge in [0.15, 0.2) is 11.5 Å². The highest BCUT2D eigenvalue weighted by Crippen LogP contribution is 2.36. The second-order valence-corrected chi connectivity index (χ2v) is 6.06.